The fraction of sp³-hybridized carbons (Fsp3) is 0.600. The summed E-state index contributed by atoms with van der Waals surface area (Å²) < 4.78 is 26.1. The van der Waals surface area contributed by atoms with Gasteiger partial charge >= 0.3 is 11.9 Å². The summed E-state index contributed by atoms with van der Waals surface area (Å²) in [5, 5.41) is 0. The summed E-state index contributed by atoms with van der Waals surface area (Å²) in [6.45, 7) is 7.52. The molecule has 3 unspecified atom stereocenters. The molecule has 2 aromatic carbocycles. The van der Waals surface area contributed by atoms with Crippen LogP contribution in [0.5, 0.6) is 0 Å². The quantitative estimate of drug-likeness (QED) is 0.215. The predicted octanol–water partition coefficient (Wildman–Crippen LogP) is 5.75. The minimum Gasteiger partial charge on any atom is -0.459 e. The second-order valence-corrected chi connectivity index (χ2v) is 13.1. The Hall–Kier alpha value is -2.74. The van der Waals surface area contributed by atoms with E-state index in [1.54, 1.807) is 0 Å². The number of piperidine rings is 1. The molecule has 226 valence electrons. The second-order valence-electron chi connectivity index (χ2n) is 13.1. The summed E-state index contributed by atoms with van der Waals surface area (Å²) in [7, 11) is 0. The lowest BCUT2D eigenvalue weighted by Gasteiger charge is -2.47. The van der Waals surface area contributed by atoms with Crippen molar-refractivity contribution in [3.05, 3.63) is 71.8 Å². The van der Waals surface area contributed by atoms with Crippen LogP contribution in [0.2, 0.25) is 0 Å². The van der Waals surface area contributed by atoms with Crippen molar-refractivity contribution < 1.29 is 33.0 Å². The fourth-order valence-electron chi connectivity index (χ4n) is 8.09. The molecule has 7 heteroatoms. The molecule has 4 saturated heterocycles. The van der Waals surface area contributed by atoms with Crippen LogP contribution in [0.25, 0.3) is 0 Å². The molecule has 6 rings (SSSR count). The third-order valence-corrected chi connectivity index (χ3v) is 10.3. The standard InChI is InChI=1S/C35H46NO6/c1-25(2)33(41-32(37)26-17-21-39-22-18-26)42-35(27-11-5-3-6-12-27,28-13-7-4-8-14-28)34(38)40-31-23-29-15-16-30(24-31)36(29)19-9-10-20-36/h3-8,11-14,25-26,29-31,33H,9-10,15-24H2,1-2H3/q+1. The van der Waals surface area contributed by atoms with Gasteiger partial charge < -0.3 is 23.4 Å². The topological polar surface area (TPSA) is 71.1 Å². The van der Waals surface area contributed by atoms with E-state index in [2.05, 4.69) is 0 Å². The average Bonchev–Trinajstić information content (AvgIpc) is 3.56. The molecule has 4 fully saturated rings. The van der Waals surface area contributed by atoms with Crippen molar-refractivity contribution >= 4 is 11.9 Å². The lowest BCUT2D eigenvalue weighted by molar-refractivity contribution is -0.956. The Balaban J connectivity index is 1.32. The smallest absolute Gasteiger partial charge is 0.348 e. The minimum absolute atomic E-state index is 0.156. The molecule has 0 saturated carbocycles. The highest BCUT2D eigenvalue weighted by atomic mass is 16.7. The molecule has 0 amide bonds. The van der Waals surface area contributed by atoms with E-state index in [1.807, 2.05) is 74.5 Å². The number of hydrogen-bond acceptors (Lipinski definition) is 6. The van der Waals surface area contributed by atoms with Crippen LogP contribution in [-0.2, 0) is 34.1 Å². The molecule has 0 radical (unpaired) electrons. The van der Waals surface area contributed by atoms with Crippen molar-refractivity contribution in [2.75, 3.05) is 26.3 Å². The largest absolute Gasteiger partial charge is 0.459 e. The first-order chi connectivity index (χ1) is 20.4. The van der Waals surface area contributed by atoms with Crippen LogP contribution >= 0.6 is 0 Å². The van der Waals surface area contributed by atoms with E-state index >= 15 is 0 Å². The third kappa shape index (κ3) is 5.51. The third-order valence-electron chi connectivity index (χ3n) is 10.3. The molecule has 0 aromatic heterocycles. The first kappa shape index (κ1) is 29.3. The summed E-state index contributed by atoms with van der Waals surface area (Å²) in [6, 6.07) is 20.2. The van der Waals surface area contributed by atoms with Gasteiger partial charge in [0.1, 0.15) is 6.10 Å². The summed E-state index contributed by atoms with van der Waals surface area (Å²) in [5.74, 6) is -1.17. The van der Waals surface area contributed by atoms with Crippen molar-refractivity contribution in [3.63, 3.8) is 0 Å². The second kappa shape index (κ2) is 12.5. The van der Waals surface area contributed by atoms with E-state index in [9.17, 15) is 9.59 Å². The van der Waals surface area contributed by atoms with Gasteiger partial charge in [0.2, 0.25) is 11.9 Å². The maximum Gasteiger partial charge on any atom is 0.348 e. The lowest BCUT2D eigenvalue weighted by atomic mass is 9.85. The molecular formula is C35H46NO6+. The summed E-state index contributed by atoms with van der Waals surface area (Å²) in [5.41, 5.74) is -0.268. The van der Waals surface area contributed by atoms with E-state index in [-0.39, 0.29) is 23.9 Å². The molecular weight excluding hydrogens is 530 g/mol. The zero-order chi connectivity index (χ0) is 29.2. The molecule has 0 N–H and O–H groups in total. The highest BCUT2D eigenvalue weighted by Gasteiger charge is 2.57. The van der Waals surface area contributed by atoms with Gasteiger partial charge in [-0.15, -0.1) is 0 Å². The van der Waals surface area contributed by atoms with Crippen molar-refractivity contribution in [1.82, 2.24) is 0 Å². The first-order valence-electron chi connectivity index (χ1n) is 16.1. The predicted molar refractivity (Wildman–Crippen MR) is 158 cm³/mol. The van der Waals surface area contributed by atoms with Crippen LogP contribution in [0.4, 0.5) is 0 Å². The molecule has 4 heterocycles. The van der Waals surface area contributed by atoms with Gasteiger partial charge in [-0.1, -0.05) is 74.5 Å². The maximum absolute atomic E-state index is 14.7. The maximum atomic E-state index is 14.7. The van der Waals surface area contributed by atoms with Crippen LogP contribution in [0.3, 0.4) is 0 Å². The van der Waals surface area contributed by atoms with Gasteiger partial charge in [0.15, 0.2) is 0 Å². The van der Waals surface area contributed by atoms with Crippen LogP contribution in [0, 0.1) is 11.8 Å². The van der Waals surface area contributed by atoms with E-state index in [0.29, 0.717) is 49.3 Å². The minimum atomic E-state index is -1.59. The molecule has 4 aliphatic heterocycles. The molecule has 3 atom stereocenters. The van der Waals surface area contributed by atoms with Gasteiger partial charge in [0.25, 0.3) is 0 Å². The van der Waals surface area contributed by atoms with Gasteiger partial charge in [-0.2, -0.15) is 0 Å². The highest BCUT2D eigenvalue weighted by molar-refractivity contribution is 5.86. The van der Waals surface area contributed by atoms with E-state index in [1.165, 1.54) is 43.3 Å². The molecule has 42 heavy (non-hydrogen) atoms. The Morgan fingerprint density at radius 1 is 0.833 bits per heavy atom. The monoisotopic (exact) mass is 576 g/mol. The van der Waals surface area contributed by atoms with Gasteiger partial charge in [0, 0.05) is 57.7 Å². The van der Waals surface area contributed by atoms with Gasteiger partial charge in [-0.3, -0.25) is 4.79 Å². The van der Waals surface area contributed by atoms with Crippen LogP contribution in [0.15, 0.2) is 60.7 Å². The lowest BCUT2D eigenvalue weighted by Crippen LogP contribution is -2.60. The number of carbonyl (C=O) groups is 2. The van der Waals surface area contributed by atoms with Crippen LogP contribution in [0.1, 0.15) is 76.3 Å². The number of nitrogens with zero attached hydrogens (tertiary/aromatic N) is 1. The van der Waals surface area contributed by atoms with E-state index in [4.69, 9.17) is 18.9 Å². The average molecular weight is 577 g/mol. The number of esters is 2. The van der Waals surface area contributed by atoms with Crippen molar-refractivity contribution in [3.8, 4) is 0 Å². The Morgan fingerprint density at radius 3 is 1.90 bits per heavy atom. The first-order valence-corrected chi connectivity index (χ1v) is 16.1. The van der Waals surface area contributed by atoms with Crippen LogP contribution < -0.4 is 0 Å². The number of rotatable bonds is 9. The Kier molecular flexibility index (Phi) is 8.71. The van der Waals surface area contributed by atoms with Crippen LogP contribution in [-0.4, -0.2) is 67.2 Å². The number of hydrogen-bond donors (Lipinski definition) is 0. The van der Waals surface area contributed by atoms with E-state index < -0.39 is 17.9 Å². The number of ether oxygens (including phenoxy) is 4. The van der Waals surface area contributed by atoms with Crippen molar-refractivity contribution in [1.29, 1.82) is 0 Å². The summed E-state index contributed by atoms with van der Waals surface area (Å²) in [4.78, 5) is 28.0. The normalized spacial score (nSPS) is 26.3. The number of carbonyl (C=O) groups excluding carboxylic acids is 2. The van der Waals surface area contributed by atoms with Crippen molar-refractivity contribution in [2.24, 2.45) is 11.8 Å². The molecule has 4 aliphatic rings. The Bertz CT molecular complexity index is 1150. The van der Waals surface area contributed by atoms with Gasteiger partial charge in [0.05, 0.1) is 31.1 Å². The zero-order valence-electron chi connectivity index (χ0n) is 25.1. The van der Waals surface area contributed by atoms with Crippen molar-refractivity contribution in [2.45, 2.75) is 95.3 Å². The highest BCUT2D eigenvalue weighted by Crippen LogP contribution is 2.47. The summed E-state index contributed by atoms with van der Waals surface area (Å²) >= 11 is 0. The number of benzene rings is 2. The Labute approximate surface area is 250 Å². The molecule has 2 aromatic rings. The SMILES string of the molecule is CC(C)C(OC(=O)C1CCOCC1)OC(C(=O)OC1CC2CCC(C1)[N+]21CCCC1)(c1ccccc1)c1ccccc1. The Morgan fingerprint density at radius 2 is 1.38 bits per heavy atom. The fourth-order valence-corrected chi connectivity index (χ4v) is 8.09. The van der Waals surface area contributed by atoms with E-state index in [0.717, 1.165) is 12.8 Å². The molecule has 2 bridgehead atoms. The molecule has 7 nitrogen and oxygen atoms in total. The zero-order valence-corrected chi connectivity index (χ0v) is 25.1. The number of quaternary nitrogens is 1. The summed E-state index contributed by atoms with van der Waals surface area (Å²) in [6.07, 6.45) is 6.98. The molecule has 1 spiro atoms. The van der Waals surface area contributed by atoms with Gasteiger partial charge in [-0.05, 0) is 24.0 Å². The van der Waals surface area contributed by atoms with Gasteiger partial charge in [-0.25, -0.2) is 4.79 Å². The molecule has 0 aliphatic carbocycles.